The van der Waals surface area contributed by atoms with E-state index in [9.17, 15) is 9.18 Å². The Morgan fingerprint density at radius 1 is 1.27 bits per heavy atom. The SMILES string of the molecule is C=CCn1c(SCC(=O)N(C)Cc2cccc(OC)c2)nnc1-c1ccccc1F. The van der Waals surface area contributed by atoms with Gasteiger partial charge in [-0.15, -0.1) is 16.8 Å². The highest BCUT2D eigenvalue weighted by Crippen LogP contribution is 2.26. The molecule has 30 heavy (non-hydrogen) atoms. The lowest BCUT2D eigenvalue weighted by atomic mass is 10.2. The van der Waals surface area contributed by atoms with E-state index >= 15 is 0 Å². The molecule has 6 nitrogen and oxygen atoms in total. The number of methoxy groups -OCH3 is 1. The maximum Gasteiger partial charge on any atom is 0.233 e. The lowest BCUT2D eigenvalue weighted by Gasteiger charge is -2.17. The Bertz CT molecular complexity index is 1040. The van der Waals surface area contributed by atoms with Crippen LogP contribution in [0.3, 0.4) is 0 Å². The van der Waals surface area contributed by atoms with Gasteiger partial charge in [0.25, 0.3) is 0 Å². The van der Waals surface area contributed by atoms with Crippen molar-refractivity contribution in [1.29, 1.82) is 0 Å². The standard InChI is InChI=1S/C22H23FN4O2S/c1-4-12-27-21(18-10-5-6-11-19(18)23)24-25-22(27)30-15-20(28)26(2)14-16-8-7-9-17(13-16)29-3/h4-11,13H,1,12,14-15H2,2-3H3. The number of carbonyl (C=O) groups excluding carboxylic acids is 1. The van der Waals surface area contributed by atoms with Crippen LogP contribution in [0.2, 0.25) is 0 Å². The van der Waals surface area contributed by atoms with E-state index in [0.29, 0.717) is 29.6 Å². The Balaban J connectivity index is 1.69. The third-order valence-corrected chi connectivity index (χ3v) is 5.40. The molecule has 2 aromatic carbocycles. The second-order valence-corrected chi connectivity index (χ2v) is 7.52. The summed E-state index contributed by atoms with van der Waals surface area (Å²) < 4.78 is 21.2. The maximum atomic E-state index is 14.2. The molecule has 0 fully saturated rings. The van der Waals surface area contributed by atoms with Crippen LogP contribution in [0.25, 0.3) is 11.4 Å². The molecule has 0 aliphatic heterocycles. The van der Waals surface area contributed by atoms with Gasteiger partial charge in [-0.05, 0) is 29.8 Å². The molecule has 1 amide bonds. The maximum absolute atomic E-state index is 14.2. The van der Waals surface area contributed by atoms with E-state index in [1.807, 2.05) is 24.3 Å². The van der Waals surface area contributed by atoms with Crippen LogP contribution in [-0.2, 0) is 17.9 Å². The molecule has 1 heterocycles. The minimum Gasteiger partial charge on any atom is -0.497 e. The van der Waals surface area contributed by atoms with Crippen LogP contribution in [0.1, 0.15) is 5.56 Å². The van der Waals surface area contributed by atoms with Gasteiger partial charge >= 0.3 is 0 Å². The predicted octanol–water partition coefficient (Wildman–Crippen LogP) is 4.03. The number of thioether (sulfide) groups is 1. The largest absolute Gasteiger partial charge is 0.497 e. The molecule has 0 unspecified atom stereocenters. The van der Waals surface area contributed by atoms with Crippen molar-refractivity contribution in [1.82, 2.24) is 19.7 Å². The molecule has 0 radical (unpaired) electrons. The number of rotatable bonds is 9. The fraction of sp³-hybridized carbons (Fsp3) is 0.227. The molecule has 0 saturated carbocycles. The zero-order chi connectivity index (χ0) is 21.5. The third-order valence-electron chi connectivity index (χ3n) is 4.45. The average molecular weight is 427 g/mol. The molecule has 156 valence electrons. The van der Waals surface area contributed by atoms with Crippen LogP contribution in [0, 0.1) is 5.82 Å². The first-order valence-electron chi connectivity index (χ1n) is 9.32. The number of hydrogen-bond donors (Lipinski definition) is 0. The number of amides is 1. The van der Waals surface area contributed by atoms with Gasteiger partial charge in [0.2, 0.25) is 5.91 Å². The minimum atomic E-state index is -0.374. The summed E-state index contributed by atoms with van der Waals surface area (Å²) in [7, 11) is 3.36. The molecule has 8 heteroatoms. The van der Waals surface area contributed by atoms with Crippen LogP contribution >= 0.6 is 11.8 Å². The third kappa shape index (κ3) is 5.07. The fourth-order valence-corrected chi connectivity index (χ4v) is 3.79. The van der Waals surface area contributed by atoms with Crippen LogP contribution in [0.4, 0.5) is 4.39 Å². The Hall–Kier alpha value is -3.13. The highest BCUT2D eigenvalue weighted by Gasteiger charge is 2.18. The highest BCUT2D eigenvalue weighted by molar-refractivity contribution is 7.99. The van der Waals surface area contributed by atoms with Crippen LogP contribution < -0.4 is 4.74 Å². The van der Waals surface area contributed by atoms with Gasteiger partial charge in [-0.25, -0.2) is 4.39 Å². The summed E-state index contributed by atoms with van der Waals surface area (Å²) in [5.41, 5.74) is 1.34. The number of hydrogen-bond acceptors (Lipinski definition) is 5. The summed E-state index contributed by atoms with van der Waals surface area (Å²) in [4.78, 5) is 14.3. The first-order valence-corrected chi connectivity index (χ1v) is 10.3. The van der Waals surface area contributed by atoms with Crippen molar-refractivity contribution in [2.24, 2.45) is 0 Å². The molecular weight excluding hydrogens is 403 g/mol. The molecule has 3 aromatic rings. The number of ether oxygens (including phenoxy) is 1. The molecule has 0 atom stereocenters. The zero-order valence-electron chi connectivity index (χ0n) is 16.9. The molecular formula is C22H23FN4O2S. The molecule has 0 spiro atoms. The lowest BCUT2D eigenvalue weighted by Crippen LogP contribution is -2.27. The van der Waals surface area contributed by atoms with Crippen LogP contribution in [-0.4, -0.2) is 45.5 Å². The summed E-state index contributed by atoms with van der Waals surface area (Å²) in [5.74, 6) is 0.922. The Labute approximate surface area is 179 Å². The second kappa shape index (κ2) is 10.1. The number of halogens is 1. The number of benzene rings is 2. The van der Waals surface area contributed by atoms with E-state index < -0.39 is 0 Å². The summed E-state index contributed by atoms with van der Waals surface area (Å²) in [6, 6.07) is 14.0. The number of carbonyl (C=O) groups is 1. The van der Waals surface area contributed by atoms with E-state index in [4.69, 9.17) is 4.74 Å². The molecule has 0 bridgehead atoms. The Morgan fingerprint density at radius 2 is 2.07 bits per heavy atom. The summed E-state index contributed by atoms with van der Waals surface area (Å²) in [6.45, 7) is 4.63. The van der Waals surface area contributed by atoms with Gasteiger partial charge in [-0.3, -0.25) is 9.36 Å². The minimum absolute atomic E-state index is 0.0524. The molecule has 0 aliphatic carbocycles. The van der Waals surface area contributed by atoms with Crippen LogP contribution in [0.5, 0.6) is 5.75 Å². The van der Waals surface area contributed by atoms with Crippen molar-refractivity contribution >= 4 is 17.7 Å². The zero-order valence-corrected chi connectivity index (χ0v) is 17.7. The van der Waals surface area contributed by atoms with Gasteiger partial charge in [-0.1, -0.05) is 42.1 Å². The van der Waals surface area contributed by atoms with E-state index in [1.54, 1.807) is 47.9 Å². The molecule has 3 rings (SSSR count). The summed E-state index contributed by atoms with van der Waals surface area (Å²) in [6.07, 6.45) is 1.69. The van der Waals surface area contributed by atoms with E-state index in [-0.39, 0.29) is 17.5 Å². The van der Waals surface area contributed by atoms with Crippen molar-refractivity contribution < 1.29 is 13.9 Å². The number of aromatic nitrogens is 3. The van der Waals surface area contributed by atoms with Crippen LogP contribution in [0.15, 0.2) is 66.3 Å². The number of nitrogens with zero attached hydrogens (tertiary/aromatic N) is 4. The van der Waals surface area contributed by atoms with Gasteiger partial charge in [0.1, 0.15) is 11.6 Å². The van der Waals surface area contributed by atoms with E-state index in [0.717, 1.165) is 11.3 Å². The summed E-state index contributed by atoms with van der Waals surface area (Å²) in [5, 5.41) is 8.84. The van der Waals surface area contributed by atoms with Gasteiger partial charge in [0.05, 0.1) is 18.4 Å². The molecule has 0 N–H and O–H groups in total. The predicted molar refractivity (Wildman–Crippen MR) is 116 cm³/mol. The van der Waals surface area contributed by atoms with Gasteiger partial charge < -0.3 is 9.64 Å². The van der Waals surface area contributed by atoms with E-state index in [1.165, 1.54) is 17.8 Å². The smallest absolute Gasteiger partial charge is 0.233 e. The highest BCUT2D eigenvalue weighted by atomic mass is 32.2. The second-order valence-electron chi connectivity index (χ2n) is 6.58. The fourth-order valence-electron chi connectivity index (χ4n) is 2.90. The molecule has 0 aliphatic rings. The van der Waals surface area contributed by atoms with Crippen molar-refractivity contribution in [3.63, 3.8) is 0 Å². The average Bonchev–Trinajstić information content (AvgIpc) is 3.15. The molecule has 1 aromatic heterocycles. The van der Waals surface area contributed by atoms with Crippen molar-refractivity contribution in [2.45, 2.75) is 18.2 Å². The van der Waals surface area contributed by atoms with Gasteiger partial charge in [0.15, 0.2) is 11.0 Å². The quantitative estimate of drug-likeness (QED) is 0.382. The van der Waals surface area contributed by atoms with Gasteiger partial charge in [-0.2, -0.15) is 0 Å². The monoisotopic (exact) mass is 426 g/mol. The summed E-state index contributed by atoms with van der Waals surface area (Å²) >= 11 is 1.27. The Kier molecular flexibility index (Phi) is 7.24. The van der Waals surface area contributed by atoms with Gasteiger partial charge in [0, 0.05) is 20.1 Å². The lowest BCUT2D eigenvalue weighted by molar-refractivity contribution is -0.127. The van der Waals surface area contributed by atoms with Crippen molar-refractivity contribution in [3.05, 3.63) is 72.6 Å². The topological polar surface area (TPSA) is 60.2 Å². The van der Waals surface area contributed by atoms with Crippen molar-refractivity contribution in [3.8, 4) is 17.1 Å². The normalized spacial score (nSPS) is 10.6. The van der Waals surface area contributed by atoms with E-state index in [2.05, 4.69) is 16.8 Å². The number of allylic oxidation sites excluding steroid dienone is 1. The van der Waals surface area contributed by atoms with Crippen molar-refractivity contribution in [2.75, 3.05) is 19.9 Å². The first kappa shape index (κ1) is 21.6. The Morgan fingerprint density at radius 3 is 2.80 bits per heavy atom. The molecule has 0 saturated heterocycles. The first-order chi connectivity index (χ1) is 14.5.